The number of carbonyl (C=O) groups is 1. The van der Waals surface area contributed by atoms with Crippen molar-refractivity contribution in [3.05, 3.63) is 23.6 Å². The Morgan fingerprint density at radius 2 is 2.27 bits per heavy atom. The number of nitrogens with zero attached hydrogens (tertiary/aromatic N) is 1. The first-order valence-electron chi connectivity index (χ1n) is 2.76. The lowest BCUT2D eigenvalue weighted by molar-refractivity contribution is 0.0696. The van der Waals surface area contributed by atoms with E-state index in [1.165, 1.54) is 0 Å². The van der Waals surface area contributed by atoms with Crippen LogP contribution in [-0.4, -0.2) is 16.1 Å². The topological polar surface area (TPSA) is 76.2 Å². The first-order chi connectivity index (χ1) is 5.09. The highest BCUT2D eigenvalue weighted by atomic mass is 19.1. The summed E-state index contributed by atoms with van der Waals surface area (Å²) in [6.07, 6.45) is 0. The minimum Gasteiger partial charge on any atom is -0.478 e. The van der Waals surface area contributed by atoms with Gasteiger partial charge >= 0.3 is 5.97 Å². The van der Waals surface area contributed by atoms with Gasteiger partial charge < -0.3 is 10.8 Å². The van der Waals surface area contributed by atoms with Crippen LogP contribution in [0, 0.1) is 5.95 Å². The second kappa shape index (κ2) is 2.53. The van der Waals surface area contributed by atoms with Crippen molar-refractivity contribution in [2.75, 3.05) is 5.73 Å². The van der Waals surface area contributed by atoms with Gasteiger partial charge in [0.2, 0.25) is 5.95 Å². The molecule has 0 aromatic carbocycles. The predicted octanol–water partition coefficient (Wildman–Crippen LogP) is 0.501. The van der Waals surface area contributed by atoms with Crippen LogP contribution in [0.2, 0.25) is 0 Å². The van der Waals surface area contributed by atoms with E-state index < -0.39 is 11.9 Å². The third-order valence-corrected chi connectivity index (χ3v) is 1.06. The molecule has 1 aromatic heterocycles. The number of hydrogen-bond donors (Lipinski definition) is 2. The molecule has 4 nitrogen and oxygen atoms in total. The number of nitrogen functional groups attached to an aromatic ring is 1. The van der Waals surface area contributed by atoms with Crippen molar-refractivity contribution in [1.29, 1.82) is 0 Å². The van der Waals surface area contributed by atoms with Gasteiger partial charge in [0.25, 0.3) is 0 Å². The van der Waals surface area contributed by atoms with E-state index in [2.05, 4.69) is 4.98 Å². The molecule has 0 saturated carbocycles. The number of halogens is 1. The molecule has 0 atom stereocenters. The van der Waals surface area contributed by atoms with Crippen molar-refractivity contribution < 1.29 is 14.3 Å². The van der Waals surface area contributed by atoms with Crippen LogP contribution >= 0.6 is 0 Å². The Morgan fingerprint density at radius 3 is 2.73 bits per heavy atom. The zero-order valence-electron chi connectivity index (χ0n) is 5.41. The molecule has 0 aliphatic heterocycles. The largest absolute Gasteiger partial charge is 0.478 e. The predicted molar refractivity (Wildman–Crippen MR) is 35.6 cm³/mol. The summed E-state index contributed by atoms with van der Waals surface area (Å²) >= 11 is 0. The van der Waals surface area contributed by atoms with E-state index in [9.17, 15) is 9.18 Å². The van der Waals surface area contributed by atoms with Crippen LogP contribution in [0.3, 0.4) is 0 Å². The van der Waals surface area contributed by atoms with E-state index in [0.29, 0.717) is 0 Å². The van der Waals surface area contributed by atoms with Crippen LogP contribution in [0.1, 0.15) is 10.4 Å². The summed E-state index contributed by atoms with van der Waals surface area (Å²) < 4.78 is 12.3. The summed E-state index contributed by atoms with van der Waals surface area (Å²) in [5.74, 6) is -2.25. The number of nitrogens with two attached hydrogens (primary N) is 1. The van der Waals surface area contributed by atoms with E-state index in [1.807, 2.05) is 0 Å². The second-order valence-corrected chi connectivity index (χ2v) is 1.91. The Balaban J connectivity index is 3.19. The van der Waals surface area contributed by atoms with Gasteiger partial charge in [0, 0.05) is 6.07 Å². The molecule has 58 valence electrons. The molecule has 0 amide bonds. The number of carboxylic acids is 1. The van der Waals surface area contributed by atoms with Crippen LogP contribution in [0.25, 0.3) is 0 Å². The van der Waals surface area contributed by atoms with Gasteiger partial charge in [-0.3, -0.25) is 0 Å². The molecule has 11 heavy (non-hydrogen) atoms. The molecule has 1 rings (SSSR count). The molecule has 1 aromatic rings. The summed E-state index contributed by atoms with van der Waals surface area (Å²) in [6.45, 7) is 0. The second-order valence-electron chi connectivity index (χ2n) is 1.91. The standard InChI is InChI=1S/C6H5FN2O2/c7-4-1-3(6(10)11)2-5(8)9-4/h1-2H,(H2,8,9)(H,10,11). The first-order valence-corrected chi connectivity index (χ1v) is 2.76. The van der Waals surface area contributed by atoms with Gasteiger partial charge in [-0.2, -0.15) is 4.39 Å². The average molecular weight is 156 g/mol. The van der Waals surface area contributed by atoms with Crippen molar-refractivity contribution in [3.63, 3.8) is 0 Å². The Bertz CT molecular complexity index is 280. The fourth-order valence-corrected chi connectivity index (χ4v) is 0.641. The lowest BCUT2D eigenvalue weighted by atomic mass is 10.2. The molecule has 0 aliphatic carbocycles. The lowest BCUT2D eigenvalue weighted by Crippen LogP contribution is -2.01. The first kappa shape index (κ1) is 7.46. The van der Waals surface area contributed by atoms with Gasteiger partial charge in [0.05, 0.1) is 5.56 Å². The third-order valence-electron chi connectivity index (χ3n) is 1.06. The maximum Gasteiger partial charge on any atom is 0.335 e. The number of rotatable bonds is 1. The average Bonchev–Trinajstić information content (AvgIpc) is 1.85. The van der Waals surface area contributed by atoms with E-state index in [4.69, 9.17) is 10.8 Å². The highest BCUT2D eigenvalue weighted by molar-refractivity contribution is 5.88. The molecule has 1 heterocycles. The van der Waals surface area contributed by atoms with Crippen LogP contribution in [-0.2, 0) is 0 Å². The smallest absolute Gasteiger partial charge is 0.335 e. The molecule has 0 saturated heterocycles. The fourth-order valence-electron chi connectivity index (χ4n) is 0.641. The van der Waals surface area contributed by atoms with Crippen molar-refractivity contribution in [2.45, 2.75) is 0 Å². The normalized spacial score (nSPS) is 9.55. The van der Waals surface area contributed by atoms with Gasteiger partial charge in [-0.25, -0.2) is 9.78 Å². The highest BCUT2D eigenvalue weighted by Gasteiger charge is 2.05. The molecule has 0 radical (unpaired) electrons. The van der Waals surface area contributed by atoms with Crippen molar-refractivity contribution in [1.82, 2.24) is 4.98 Å². The number of hydrogen-bond acceptors (Lipinski definition) is 3. The Hall–Kier alpha value is -1.65. The maximum absolute atomic E-state index is 12.3. The van der Waals surface area contributed by atoms with E-state index in [0.717, 1.165) is 12.1 Å². The lowest BCUT2D eigenvalue weighted by Gasteiger charge is -1.95. The molecule has 0 fully saturated rings. The molecule has 0 spiro atoms. The minimum atomic E-state index is -1.22. The third kappa shape index (κ3) is 1.64. The summed E-state index contributed by atoms with van der Waals surface area (Å²) in [4.78, 5) is 13.4. The Kier molecular flexibility index (Phi) is 1.72. The van der Waals surface area contributed by atoms with Gasteiger partial charge in [-0.05, 0) is 6.07 Å². The van der Waals surface area contributed by atoms with Gasteiger partial charge in [-0.15, -0.1) is 0 Å². The summed E-state index contributed by atoms with van der Waals surface area (Å²) in [6, 6.07) is 1.89. The quantitative estimate of drug-likeness (QED) is 0.580. The molecule has 3 N–H and O–H groups in total. The summed E-state index contributed by atoms with van der Waals surface area (Å²) in [7, 11) is 0. The van der Waals surface area contributed by atoms with E-state index >= 15 is 0 Å². The van der Waals surface area contributed by atoms with Gasteiger partial charge in [-0.1, -0.05) is 0 Å². The number of anilines is 1. The summed E-state index contributed by atoms with van der Waals surface area (Å²) in [5, 5.41) is 8.38. The molecule has 0 unspecified atom stereocenters. The zero-order valence-corrected chi connectivity index (χ0v) is 5.41. The van der Waals surface area contributed by atoms with Crippen molar-refractivity contribution in [2.24, 2.45) is 0 Å². The van der Waals surface area contributed by atoms with E-state index in [-0.39, 0.29) is 11.4 Å². The van der Waals surface area contributed by atoms with E-state index in [1.54, 1.807) is 0 Å². The van der Waals surface area contributed by atoms with Crippen LogP contribution in [0.5, 0.6) is 0 Å². The SMILES string of the molecule is Nc1cc(C(=O)O)cc(F)n1. The summed E-state index contributed by atoms with van der Waals surface area (Å²) in [5.41, 5.74) is 4.88. The monoisotopic (exact) mass is 156 g/mol. The zero-order chi connectivity index (χ0) is 8.43. The van der Waals surface area contributed by atoms with Gasteiger partial charge in [0.15, 0.2) is 0 Å². The number of aromatic nitrogens is 1. The van der Waals surface area contributed by atoms with Gasteiger partial charge in [0.1, 0.15) is 5.82 Å². The Morgan fingerprint density at radius 1 is 1.64 bits per heavy atom. The molecule has 0 bridgehead atoms. The molecular formula is C6H5FN2O2. The molecule has 0 aliphatic rings. The fraction of sp³-hybridized carbons (Fsp3) is 0. The number of pyridine rings is 1. The Labute approximate surface area is 61.5 Å². The maximum atomic E-state index is 12.3. The molecular weight excluding hydrogens is 151 g/mol. The van der Waals surface area contributed by atoms with Crippen LogP contribution < -0.4 is 5.73 Å². The van der Waals surface area contributed by atoms with Crippen LogP contribution in [0.4, 0.5) is 10.2 Å². The van der Waals surface area contributed by atoms with Crippen molar-refractivity contribution in [3.8, 4) is 0 Å². The van der Waals surface area contributed by atoms with Crippen LogP contribution in [0.15, 0.2) is 12.1 Å². The number of aromatic carboxylic acids is 1. The molecule has 5 heteroatoms. The minimum absolute atomic E-state index is 0.137. The number of carboxylic acid groups (broad SMARTS) is 1. The van der Waals surface area contributed by atoms with Crippen molar-refractivity contribution >= 4 is 11.8 Å². The highest BCUT2D eigenvalue weighted by Crippen LogP contribution is 2.05.